The van der Waals surface area contributed by atoms with Crippen LogP contribution in [0.2, 0.25) is 0 Å². The van der Waals surface area contributed by atoms with Crippen molar-refractivity contribution < 1.29 is 104 Å². The molecule has 0 spiro atoms. The molecule has 0 bridgehead atoms. The molecule has 0 aromatic carbocycles. The number of aliphatic hydroxyl groups excluding tert-OH is 11. The minimum atomic E-state index is -3.08. The van der Waals surface area contributed by atoms with Crippen LogP contribution in [-0.4, -0.2) is 215 Å². The third-order valence-electron chi connectivity index (χ3n) is 19.7. The fourth-order valence-electron chi connectivity index (χ4n) is 13.5. The zero-order valence-corrected chi connectivity index (χ0v) is 60.4. The highest BCUT2D eigenvalue weighted by Gasteiger charge is 2.60. The number of rotatable bonds is 60. The van der Waals surface area contributed by atoms with Gasteiger partial charge in [-0.25, -0.2) is 4.79 Å². The molecule has 2 amide bonds. The molecule has 0 aromatic rings. The molecule has 0 aliphatic carbocycles. The molecule has 23 heteroatoms. The van der Waals surface area contributed by atoms with Gasteiger partial charge in [0.1, 0.15) is 67.1 Å². The molecule has 3 rings (SSSR count). The van der Waals surface area contributed by atoms with E-state index >= 15 is 0 Å². The Balaban J connectivity index is 1.50. The number of nitrogens with one attached hydrogen (secondary N) is 2. The van der Waals surface area contributed by atoms with E-state index < -0.39 is 148 Å². The summed E-state index contributed by atoms with van der Waals surface area (Å²) in [5.41, 5.74) is 0. The van der Waals surface area contributed by atoms with Crippen molar-refractivity contribution in [1.82, 2.24) is 10.6 Å². The lowest BCUT2D eigenvalue weighted by molar-refractivity contribution is -0.386. The standard InChI is InChI=1S/C75H138N2O21/c1-4-6-8-10-12-14-16-18-20-21-22-23-24-25-26-27-28-29-30-31-32-33-35-37-39-41-43-45-47-49-62(85)77-56(57(82)48-46-44-42-40-38-36-34-19-17-15-13-11-9-7-5-2)54-93-72-67(89)66(88)69(61(53-80)95-72)96-73-68(90)71(65(87)60(52-79)94-73)98-75(74(91)92)50-58(83)63(76-55(3)81)70(97-75)64(86)59(84)51-78/h22-23,25-26,56-61,63-73,78-80,82-84,86-90H,4-21,24,27-54H2,1-3H3,(H,76,81)(H,77,85)(H,91,92)/b23-22-,26-25-. The van der Waals surface area contributed by atoms with Crippen molar-refractivity contribution in [2.75, 3.05) is 26.4 Å². The van der Waals surface area contributed by atoms with E-state index in [2.05, 4.69) is 48.8 Å². The van der Waals surface area contributed by atoms with Crippen molar-refractivity contribution in [2.24, 2.45) is 0 Å². The summed E-state index contributed by atoms with van der Waals surface area (Å²) < 4.78 is 34.9. The maximum atomic E-state index is 13.5. The highest BCUT2D eigenvalue weighted by Crippen LogP contribution is 2.39. The summed E-state index contributed by atoms with van der Waals surface area (Å²) in [6.45, 7) is 2.23. The van der Waals surface area contributed by atoms with E-state index in [1.54, 1.807) is 0 Å². The van der Waals surface area contributed by atoms with Crippen molar-refractivity contribution in [3.05, 3.63) is 24.3 Å². The number of hydrogen-bond acceptors (Lipinski definition) is 20. The van der Waals surface area contributed by atoms with Crippen LogP contribution in [0, 0.1) is 0 Å². The number of carboxylic acid groups (broad SMARTS) is 1. The summed E-state index contributed by atoms with van der Waals surface area (Å²) in [6, 6.07) is -2.53. The van der Waals surface area contributed by atoms with Gasteiger partial charge >= 0.3 is 5.97 Å². The molecule has 18 atom stereocenters. The summed E-state index contributed by atoms with van der Waals surface area (Å²) in [5, 5.41) is 136. The SMILES string of the molecule is CCCCCCCCCCC/C=C\C/C=C\CCCCCCCCCCCCCCCC(=O)NC(COC1OC(CO)C(OC2OC(CO)C(O)C(OC3(C(=O)O)CC(O)C(NC(C)=O)C(C(O)C(O)CO)O3)C2O)C(O)C1O)C(O)CCCCCCCCCCCCCCCCC. The van der Waals surface area contributed by atoms with Crippen LogP contribution in [0.3, 0.4) is 0 Å². The lowest BCUT2D eigenvalue weighted by atomic mass is 9.88. The Morgan fingerprint density at radius 3 is 1.43 bits per heavy atom. The quantitative estimate of drug-likeness (QED) is 0.0199. The molecule has 98 heavy (non-hydrogen) atoms. The average Bonchev–Trinajstić information content (AvgIpc) is 0.756. The monoisotopic (exact) mass is 1400 g/mol. The summed E-state index contributed by atoms with van der Waals surface area (Å²) in [6.07, 6.45) is 28.9. The van der Waals surface area contributed by atoms with Crippen molar-refractivity contribution in [3.8, 4) is 0 Å². The summed E-state index contributed by atoms with van der Waals surface area (Å²) in [4.78, 5) is 38.6. The molecule has 0 aromatic heterocycles. The Morgan fingerprint density at radius 1 is 0.531 bits per heavy atom. The highest BCUT2D eigenvalue weighted by molar-refractivity contribution is 5.77. The number of aliphatic carboxylic acids is 1. The molecule has 3 aliphatic rings. The summed E-state index contributed by atoms with van der Waals surface area (Å²) in [5.74, 6) is -6.10. The Kier molecular flexibility index (Phi) is 50.0. The first-order valence-corrected chi connectivity index (χ1v) is 38.7. The molecule has 18 unspecified atom stereocenters. The van der Waals surface area contributed by atoms with Crippen LogP contribution in [-0.2, 0) is 42.8 Å². The Hall–Kier alpha value is -2.79. The maximum absolute atomic E-state index is 13.5. The second-order valence-corrected chi connectivity index (χ2v) is 28.2. The Labute approximate surface area is 587 Å². The molecule has 0 saturated carbocycles. The lowest BCUT2D eigenvalue weighted by Gasteiger charge is -2.50. The smallest absolute Gasteiger partial charge is 0.364 e. The maximum Gasteiger partial charge on any atom is 0.364 e. The predicted molar refractivity (Wildman–Crippen MR) is 375 cm³/mol. The van der Waals surface area contributed by atoms with Crippen LogP contribution in [0.1, 0.15) is 297 Å². The minimum Gasteiger partial charge on any atom is -0.477 e. The summed E-state index contributed by atoms with van der Waals surface area (Å²) in [7, 11) is 0. The number of amides is 2. The number of carbonyl (C=O) groups excluding carboxylic acids is 2. The second-order valence-electron chi connectivity index (χ2n) is 28.2. The number of carbonyl (C=O) groups is 3. The van der Waals surface area contributed by atoms with E-state index in [1.165, 1.54) is 180 Å². The van der Waals surface area contributed by atoms with E-state index in [9.17, 15) is 75.7 Å². The van der Waals surface area contributed by atoms with E-state index in [0.29, 0.717) is 19.3 Å². The van der Waals surface area contributed by atoms with E-state index in [0.717, 1.165) is 71.1 Å². The Bertz CT molecular complexity index is 2060. The lowest BCUT2D eigenvalue weighted by Crippen LogP contribution is -2.70. The molecule has 0 radical (unpaired) electrons. The van der Waals surface area contributed by atoms with E-state index in [1.807, 2.05) is 0 Å². The number of allylic oxidation sites excluding steroid dienone is 4. The molecule has 3 saturated heterocycles. The van der Waals surface area contributed by atoms with Gasteiger partial charge < -0.3 is 100 Å². The largest absolute Gasteiger partial charge is 0.477 e. The van der Waals surface area contributed by atoms with Gasteiger partial charge in [-0.05, 0) is 44.9 Å². The normalized spacial score (nSPS) is 27.3. The van der Waals surface area contributed by atoms with Crippen LogP contribution in [0.4, 0.5) is 0 Å². The number of unbranched alkanes of at least 4 members (excludes halogenated alkanes) is 36. The van der Waals surface area contributed by atoms with Crippen LogP contribution in [0.25, 0.3) is 0 Å². The number of ether oxygens (including phenoxy) is 6. The first kappa shape index (κ1) is 89.4. The molecule has 23 nitrogen and oxygen atoms in total. The summed E-state index contributed by atoms with van der Waals surface area (Å²) >= 11 is 0. The van der Waals surface area contributed by atoms with E-state index in [-0.39, 0.29) is 18.9 Å². The fraction of sp³-hybridized carbons (Fsp3) is 0.907. The van der Waals surface area contributed by atoms with Crippen LogP contribution in [0.15, 0.2) is 24.3 Å². The third kappa shape index (κ3) is 35.6. The van der Waals surface area contributed by atoms with Gasteiger partial charge in [0.2, 0.25) is 11.8 Å². The van der Waals surface area contributed by atoms with Crippen LogP contribution in [0.5, 0.6) is 0 Å². The predicted octanol–water partition coefficient (Wildman–Crippen LogP) is 9.18. The van der Waals surface area contributed by atoms with Gasteiger partial charge in [0.05, 0.1) is 50.7 Å². The van der Waals surface area contributed by atoms with Crippen molar-refractivity contribution in [1.29, 1.82) is 0 Å². The molecular weight excluding hydrogens is 1260 g/mol. The van der Waals surface area contributed by atoms with Crippen molar-refractivity contribution in [2.45, 2.75) is 407 Å². The van der Waals surface area contributed by atoms with E-state index in [4.69, 9.17) is 28.4 Å². The first-order valence-electron chi connectivity index (χ1n) is 38.7. The molecule has 574 valence electrons. The first-order chi connectivity index (χ1) is 47.4. The van der Waals surface area contributed by atoms with Crippen molar-refractivity contribution >= 4 is 17.8 Å². The second kappa shape index (κ2) is 54.8. The topological polar surface area (TPSA) is 373 Å². The van der Waals surface area contributed by atoms with Gasteiger partial charge in [0, 0.05) is 19.8 Å². The highest BCUT2D eigenvalue weighted by atomic mass is 16.8. The Morgan fingerprint density at radius 2 is 0.980 bits per heavy atom. The van der Waals surface area contributed by atoms with Crippen LogP contribution >= 0.6 is 0 Å². The molecule has 3 heterocycles. The van der Waals surface area contributed by atoms with Crippen LogP contribution < -0.4 is 10.6 Å². The van der Waals surface area contributed by atoms with Gasteiger partial charge in [-0.1, -0.05) is 256 Å². The van der Waals surface area contributed by atoms with Gasteiger partial charge in [-0.2, -0.15) is 0 Å². The van der Waals surface area contributed by atoms with Gasteiger partial charge in [0.25, 0.3) is 5.79 Å². The van der Waals surface area contributed by atoms with Gasteiger partial charge in [-0.15, -0.1) is 0 Å². The number of carboxylic acids is 1. The molecular formula is C75H138N2O21. The molecule has 14 N–H and O–H groups in total. The fourth-order valence-corrected chi connectivity index (χ4v) is 13.5. The third-order valence-corrected chi connectivity index (χ3v) is 19.7. The zero-order valence-electron chi connectivity index (χ0n) is 60.4. The number of hydrogen-bond donors (Lipinski definition) is 14. The van der Waals surface area contributed by atoms with Gasteiger partial charge in [0.15, 0.2) is 12.6 Å². The minimum absolute atomic E-state index is 0.223. The van der Waals surface area contributed by atoms with Crippen molar-refractivity contribution in [3.63, 3.8) is 0 Å². The molecule has 3 aliphatic heterocycles. The zero-order chi connectivity index (χ0) is 71.8. The average molecular weight is 1400 g/mol. The molecule has 3 fully saturated rings. The number of aliphatic hydroxyl groups is 11. The van der Waals surface area contributed by atoms with Gasteiger partial charge in [-0.3, -0.25) is 9.59 Å².